The third kappa shape index (κ3) is 6.56. The zero-order valence-electron chi connectivity index (χ0n) is 12.4. The molecule has 3 amide bonds. The fourth-order valence-corrected chi connectivity index (χ4v) is 1.67. The lowest BCUT2D eigenvalue weighted by Gasteiger charge is -2.22. The minimum absolute atomic E-state index is 0.264. The van der Waals surface area contributed by atoms with Crippen molar-refractivity contribution in [3.8, 4) is 0 Å². The van der Waals surface area contributed by atoms with Gasteiger partial charge >= 0.3 is 6.09 Å². The van der Waals surface area contributed by atoms with Crippen LogP contribution in [0.3, 0.4) is 0 Å². The second-order valence-corrected chi connectivity index (χ2v) is 5.51. The number of ether oxygens (including phenoxy) is 1. The molecular formula is C15H20N2O4. The average molecular weight is 292 g/mol. The van der Waals surface area contributed by atoms with Crippen molar-refractivity contribution in [3.05, 3.63) is 35.9 Å². The van der Waals surface area contributed by atoms with Gasteiger partial charge in [0, 0.05) is 6.42 Å². The Labute approximate surface area is 123 Å². The van der Waals surface area contributed by atoms with Crippen LogP contribution in [0.2, 0.25) is 0 Å². The first-order valence-corrected chi connectivity index (χ1v) is 6.59. The number of benzene rings is 1. The summed E-state index contributed by atoms with van der Waals surface area (Å²) in [6, 6.07) is 8.29. The van der Waals surface area contributed by atoms with Gasteiger partial charge in [0.25, 0.3) is 0 Å². The lowest BCUT2D eigenvalue weighted by molar-refractivity contribution is -0.126. The van der Waals surface area contributed by atoms with Gasteiger partial charge in [-0.2, -0.15) is 0 Å². The number of carbonyl (C=O) groups excluding carboxylic acids is 3. The van der Waals surface area contributed by atoms with Crippen molar-refractivity contribution in [1.82, 2.24) is 10.6 Å². The Morgan fingerprint density at radius 1 is 1.24 bits per heavy atom. The molecule has 0 fully saturated rings. The highest BCUT2D eigenvalue weighted by Gasteiger charge is 2.24. The van der Waals surface area contributed by atoms with Gasteiger partial charge < -0.3 is 10.1 Å². The van der Waals surface area contributed by atoms with Crippen LogP contribution in [0, 0.1) is 0 Å². The summed E-state index contributed by atoms with van der Waals surface area (Å²) >= 11 is 0. The average Bonchev–Trinajstić information content (AvgIpc) is 2.37. The van der Waals surface area contributed by atoms with Gasteiger partial charge in [-0.25, -0.2) is 4.79 Å². The number of imide groups is 1. The molecule has 0 aromatic heterocycles. The molecule has 1 aromatic carbocycles. The molecule has 0 aliphatic heterocycles. The first kappa shape index (κ1) is 16.7. The summed E-state index contributed by atoms with van der Waals surface area (Å²) in [6.07, 6.45) is -0.152. The normalized spacial score (nSPS) is 12.1. The highest BCUT2D eigenvalue weighted by atomic mass is 16.6. The number of carbonyl (C=O) groups is 3. The van der Waals surface area contributed by atoms with Crippen LogP contribution >= 0.6 is 0 Å². The summed E-state index contributed by atoms with van der Waals surface area (Å²) < 4.78 is 5.12. The van der Waals surface area contributed by atoms with E-state index in [2.05, 4.69) is 5.32 Å². The van der Waals surface area contributed by atoms with Gasteiger partial charge in [0.05, 0.1) is 0 Å². The van der Waals surface area contributed by atoms with Crippen LogP contribution in [0.25, 0.3) is 0 Å². The van der Waals surface area contributed by atoms with Crippen molar-refractivity contribution in [2.24, 2.45) is 0 Å². The SMILES string of the molecule is CC(C)(C)OC(=O)N[C@@H](Cc1ccccc1)C(=O)NC=O. The molecule has 0 bridgehead atoms. The Morgan fingerprint density at radius 2 is 1.86 bits per heavy atom. The lowest BCUT2D eigenvalue weighted by atomic mass is 10.1. The molecule has 21 heavy (non-hydrogen) atoms. The smallest absolute Gasteiger partial charge is 0.408 e. The summed E-state index contributed by atoms with van der Waals surface area (Å²) in [5.74, 6) is -0.584. The van der Waals surface area contributed by atoms with Gasteiger partial charge in [0.1, 0.15) is 11.6 Å². The molecule has 114 valence electrons. The van der Waals surface area contributed by atoms with E-state index >= 15 is 0 Å². The largest absolute Gasteiger partial charge is 0.444 e. The van der Waals surface area contributed by atoms with Crippen LogP contribution in [0.1, 0.15) is 26.3 Å². The Morgan fingerprint density at radius 3 is 2.38 bits per heavy atom. The van der Waals surface area contributed by atoms with Gasteiger partial charge in [-0.05, 0) is 26.3 Å². The fourth-order valence-electron chi connectivity index (χ4n) is 1.67. The maximum atomic E-state index is 11.8. The summed E-state index contributed by atoms with van der Waals surface area (Å²) in [5, 5.41) is 4.52. The van der Waals surface area contributed by atoms with E-state index in [1.807, 2.05) is 35.6 Å². The molecule has 0 unspecified atom stereocenters. The lowest BCUT2D eigenvalue weighted by Crippen LogP contribution is -2.49. The molecule has 6 heteroatoms. The van der Waals surface area contributed by atoms with Crippen molar-refractivity contribution < 1.29 is 19.1 Å². The Hall–Kier alpha value is -2.37. The molecule has 0 aliphatic rings. The third-order valence-corrected chi connectivity index (χ3v) is 2.49. The Balaban J connectivity index is 2.75. The molecule has 1 rings (SSSR count). The van der Waals surface area contributed by atoms with E-state index < -0.39 is 23.6 Å². The van der Waals surface area contributed by atoms with Gasteiger partial charge in [-0.1, -0.05) is 30.3 Å². The van der Waals surface area contributed by atoms with E-state index in [-0.39, 0.29) is 12.8 Å². The van der Waals surface area contributed by atoms with Crippen LogP contribution in [0.15, 0.2) is 30.3 Å². The third-order valence-electron chi connectivity index (χ3n) is 2.49. The molecule has 1 aromatic rings. The van der Waals surface area contributed by atoms with Crippen LogP contribution in [-0.4, -0.2) is 30.1 Å². The van der Waals surface area contributed by atoms with Crippen LogP contribution in [-0.2, 0) is 20.7 Å². The zero-order valence-corrected chi connectivity index (χ0v) is 12.4. The second kappa shape index (κ2) is 7.42. The Kier molecular flexibility index (Phi) is 5.90. The summed E-state index contributed by atoms with van der Waals surface area (Å²) in [7, 11) is 0. The monoisotopic (exact) mass is 292 g/mol. The number of amides is 3. The fraction of sp³-hybridized carbons (Fsp3) is 0.400. The van der Waals surface area contributed by atoms with E-state index in [1.165, 1.54) is 0 Å². The van der Waals surface area contributed by atoms with Gasteiger partial charge in [0.15, 0.2) is 0 Å². The minimum Gasteiger partial charge on any atom is -0.444 e. The summed E-state index contributed by atoms with van der Waals surface area (Å²) in [4.78, 5) is 34.0. The molecular weight excluding hydrogens is 272 g/mol. The molecule has 0 saturated carbocycles. The molecule has 0 aliphatic carbocycles. The van der Waals surface area contributed by atoms with Gasteiger partial charge in [0.2, 0.25) is 12.3 Å². The number of hydrogen-bond donors (Lipinski definition) is 2. The standard InChI is InChI=1S/C15H20N2O4/c1-15(2,3)21-14(20)17-12(13(19)16-10-18)9-11-7-5-4-6-8-11/h4-8,10,12H,9H2,1-3H3,(H,17,20)(H,16,18,19)/t12-/m0/s1. The zero-order chi connectivity index (χ0) is 15.9. The minimum atomic E-state index is -0.882. The number of alkyl carbamates (subject to hydrolysis) is 1. The van der Waals surface area contributed by atoms with Gasteiger partial charge in [-0.3, -0.25) is 14.9 Å². The summed E-state index contributed by atoms with van der Waals surface area (Å²) in [6.45, 7) is 5.18. The van der Waals surface area contributed by atoms with Crippen molar-refractivity contribution in [2.75, 3.05) is 0 Å². The highest BCUT2D eigenvalue weighted by Crippen LogP contribution is 2.08. The topological polar surface area (TPSA) is 84.5 Å². The van der Waals surface area contributed by atoms with E-state index in [0.29, 0.717) is 0 Å². The van der Waals surface area contributed by atoms with Crippen molar-refractivity contribution >= 4 is 18.4 Å². The van der Waals surface area contributed by atoms with Crippen LogP contribution < -0.4 is 10.6 Å². The molecule has 0 spiro atoms. The predicted octanol–water partition coefficient (Wildman–Crippen LogP) is 1.39. The van der Waals surface area contributed by atoms with E-state index in [4.69, 9.17) is 4.74 Å². The number of hydrogen-bond acceptors (Lipinski definition) is 4. The van der Waals surface area contributed by atoms with Crippen LogP contribution in [0.5, 0.6) is 0 Å². The first-order valence-electron chi connectivity index (χ1n) is 6.59. The van der Waals surface area contributed by atoms with Crippen molar-refractivity contribution in [3.63, 3.8) is 0 Å². The molecule has 1 atom stereocenters. The predicted molar refractivity (Wildman–Crippen MR) is 77.5 cm³/mol. The van der Waals surface area contributed by atoms with Crippen LogP contribution in [0.4, 0.5) is 4.79 Å². The van der Waals surface area contributed by atoms with Gasteiger partial charge in [-0.15, -0.1) is 0 Å². The Bertz CT molecular complexity index is 494. The first-order chi connectivity index (χ1) is 9.81. The van der Waals surface area contributed by atoms with Crippen molar-refractivity contribution in [2.45, 2.75) is 38.8 Å². The molecule has 6 nitrogen and oxygen atoms in total. The van der Waals surface area contributed by atoms with Crippen molar-refractivity contribution in [1.29, 1.82) is 0 Å². The molecule has 2 N–H and O–H groups in total. The number of nitrogens with one attached hydrogen (secondary N) is 2. The second-order valence-electron chi connectivity index (χ2n) is 5.51. The van der Waals surface area contributed by atoms with E-state index in [1.54, 1.807) is 20.8 Å². The van der Waals surface area contributed by atoms with E-state index in [9.17, 15) is 14.4 Å². The quantitative estimate of drug-likeness (QED) is 0.803. The van der Waals surface area contributed by atoms with E-state index in [0.717, 1.165) is 5.56 Å². The maximum absolute atomic E-state index is 11.8. The maximum Gasteiger partial charge on any atom is 0.408 e. The molecule has 0 radical (unpaired) electrons. The highest BCUT2D eigenvalue weighted by molar-refractivity contribution is 5.92. The summed E-state index contributed by atoms with van der Waals surface area (Å²) in [5.41, 5.74) is 0.197. The number of rotatable bonds is 5. The molecule has 0 saturated heterocycles. The molecule has 0 heterocycles.